The molecule has 1 aliphatic rings. The van der Waals surface area contributed by atoms with E-state index < -0.39 is 33.8 Å². The second-order valence-corrected chi connectivity index (χ2v) is 13.7. The number of likely N-dealkylation sites (tertiary alicyclic amines) is 1. The van der Waals surface area contributed by atoms with Crippen molar-refractivity contribution in [3.63, 3.8) is 0 Å². The largest absolute Gasteiger partial charge is 0.469 e. The Balaban J connectivity index is 3.03. The van der Waals surface area contributed by atoms with Crippen LogP contribution in [-0.4, -0.2) is 61.1 Å². The minimum atomic E-state index is -1.14. The van der Waals surface area contributed by atoms with Crippen molar-refractivity contribution < 1.29 is 33.4 Å². The van der Waals surface area contributed by atoms with Crippen molar-refractivity contribution >= 4 is 23.8 Å². The van der Waals surface area contributed by atoms with Gasteiger partial charge in [0.25, 0.3) is 0 Å². The maximum Gasteiger partial charge on any atom is 0.312 e. The molecular formula is C29H51NO7. The van der Waals surface area contributed by atoms with Crippen LogP contribution in [0.5, 0.6) is 0 Å². The first kappa shape index (κ1) is 32.9. The first-order valence-electron chi connectivity index (χ1n) is 13.5. The van der Waals surface area contributed by atoms with Crippen LogP contribution >= 0.6 is 0 Å². The number of amides is 1. The lowest BCUT2D eigenvalue weighted by Gasteiger charge is -2.41. The molecule has 214 valence electrons. The van der Waals surface area contributed by atoms with Crippen LogP contribution in [0.1, 0.15) is 108 Å². The van der Waals surface area contributed by atoms with Gasteiger partial charge < -0.3 is 19.1 Å². The summed E-state index contributed by atoms with van der Waals surface area (Å²) in [6.07, 6.45) is 2.78. The number of esters is 3. The Hall–Kier alpha value is -2.12. The molecular weight excluding hydrogens is 474 g/mol. The molecule has 1 aliphatic heterocycles. The standard InChI is InChI=1S/C29H51NO7/c1-12-28(9,24(34)37-27(7,8)18-25(2,3)4)20-29(10,23(33)35-11)19-26(5,6)22(32)36-17-16-30-15-13-14-21(30)31/h12-20H2,1-11H3. The Morgan fingerprint density at radius 3 is 1.89 bits per heavy atom. The number of ether oxygens (including phenoxy) is 3. The summed E-state index contributed by atoms with van der Waals surface area (Å²) >= 11 is 0. The number of hydrogen-bond acceptors (Lipinski definition) is 7. The molecule has 1 saturated heterocycles. The lowest BCUT2D eigenvalue weighted by atomic mass is 9.65. The Bertz CT molecular complexity index is 842. The van der Waals surface area contributed by atoms with Gasteiger partial charge in [0, 0.05) is 13.0 Å². The fraction of sp³-hybridized carbons (Fsp3) is 0.862. The van der Waals surface area contributed by atoms with E-state index in [1.54, 1.807) is 25.7 Å². The van der Waals surface area contributed by atoms with Crippen LogP contribution in [0.2, 0.25) is 0 Å². The van der Waals surface area contributed by atoms with Crippen LogP contribution in [0.15, 0.2) is 0 Å². The highest BCUT2D eigenvalue weighted by molar-refractivity contribution is 5.83. The van der Waals surface area contributed by atoms with Crippen molar-refractivity contribution in [1.29, 1.82) is 0 Å². The summed E-state index contributed by atoms with van der Waals surface area (Å²) in [7, 11) is 1.31. The number of carbonyl (C=O) groups is 4. The van der Waals surface area contributed by atoms with E-state index in [-0.39, 0.29) is 36.7 Å². The van der Waals surface area contributed by atoms with E-state index in [1.807, 2.05) is 27.7 Å². The maximum atomic E-state index is 13.5. The number of hydrogen-bond donors (Lipinski definition) is 0. The molecule has 1 heterocycles. The average Bonchev–Trinajstić information content (AvgIpc) is 3.14. The van der Waals surface area contributed by atoms with E-state index >= 15 is 0 Å². The predicted molar refractivity (Wildman–Crippen MR) is 143 cm³/mol. The van der Waals surface area contributed by atoms with Gasteiger partial charge in [0.1, 0.15) is 12.2 Å². The second kappa shape index (κ2) is 12.2. The molecule has 1 fully saturated rings. The summed E-state index contributed by atoms with van der Waals surface area (Å²) in [5.74, 6) is -1.24. The Morgan fingerprint density at radius 1 is 0.838 bits per heavy atom. The summed E-state index contributed by atoms with van der Waals surface area (Å²) in [6.45, 7) is 20.1. The van der Waals surface area contributed by atoms with Crippen LogP contribution in [0.25, 0.3) is 0 Å². The van der Waals surface area contributed by atoms with Gasteiger partial charge in [-0.2, -0.15) is 0 Å². The highest BCUT2D eigenvalue weighted by atomic mass is 16.6. The topological polar surface area (TPSA) is 99.2 Å². The van der Waals surface area contributed by atoms with E-state index in [4.69, 9.17) is 14.2 Å². The van der Waals surface area contributed by atoms with Gasteiger partial charge in [-0.15, -0.1) is 0 Å². The molecule has 0 aromatic carbocycles. The molecule has 1 amide bonds. The minimum Gasteiger partial charge on any atom is -0.469 e. The summed E-state index contributed by atoms with van der Waals surface area (Å²) in [4.78, 5) is 53.1. The normalized spacial score (nSPS) is 18.1. The molecule has 1 rings (SSSR count). The van der Waals surface area contributed by atoms with Crippen LogP contribution < -0.4 is 0 Å². The van der Waals surface area contributed by atoms with Gasteiger partial charge in [-0.05, 0) is 79.1 Å². The number of carbonyl (C=O) groups excluding carboxylic acids is 4. The molecule has 0 bridgehead atoms. The molecule has 2 atom stereocenters. The minimum absolute atomic E-state index is 0.0284. The van der Waals surface area contributed by atoms with Gasteiger partial charge in [0.2, 0.25) is 5.91 Å². The third-order valence-electron chi connectivity index (χ3n) is 7.21. The predicted octanol–water partition coefficient (Wildman–Crippen LogP) is 5.31. The van der Waals surface area contributed by atoms with Gasteiger partial charge in [-0.3, -0.25) is 19.2 Å². The van der Waals surface area contributed by atoms with Gasteiger partial charge in [-0.1, -0.05) is 27.7 Å². The van der Waals surface area contributed by atoms with Gasteiger partial charge >= 0.3 is 17.9 Å². The van der Waals surface area contributed by atoms with E-state index in [9.17, 15) is 19.2 Å². The van der Waals surface area contributed by atoms with E-state index in [1.165, 1.54) is 7.11 Å². The van der Waals surface area contributed by atoms with Crippen molar-refractivity contribution in [1.82, 2.24) is 4.90 Å². The van der Waals surface area contributed by atoms with E-state index in [0.29, 0.717) is 32.4 Å². The quantitative estimate of drug-likeness (QED) is 0.237. The third-order valence-corrected chi connectivity index (χ3v) is 7.21. The monoisotopic (exact) mass is 525 g/mol. The SMILES string of the molecule is CCC(C)(CC(C)(CC(C)(C)C(=O)OCCN1CCCC1=O)C(=O)OC)C(=O)OC(C)(C)CC(C)(C)C. The summed E-state index contributed by atoms with van der Waals surface area (Å²) in [5, 5.41) is 0. The summed E-state index contributed by atoms with van der Waals surface area (Å²) < 4.78 is 16.7. The van der Waals surface area contributed by atoms with Gasteiger partial charge in [0.15, 0.2) is 0 Å². The van der Waals surface area contributed by atoms with Gasteiger partial charge in [-0.25, -0.2) is 0 Å². The summed E-state index contributed by atoms with van der Waals surface area (Å²) in [5.41, 5.74) is -3.83. The first-order chi connectivity index (χ1) is 16.7. The molecule has 8 nitrogen and oxygen atoms in total. The van der Waals surface area contributed by atoms with Crippen LogP contribution in [0.3, 0.4) is 0 Å². The van der Waals surface area contributed by atoms with Crippen molar-refractivity contribution in [2.45, 2.75) is 113 Å². The molecule has 0 saturated carbocycles. The van der Waals surface area contributed by atoms with Crippen LogP contribution in [-0.2, 0) is 33.4 Å². The summed E-state index contributed by atoms with van der Waals surface area (Å²) in [6, 6.07) is 0. The van der Waals surface area contributed by atoms with E-state index in [2.05, 4.69) is 20.8 Å². The number of rotatable bonds is 13. The molecule has 8 heteroatoms. The Kier molecular flexibility index (Phi) is 10.8. The number of nitrogens with zero attached hydrogens (tertiary/aromatic N) is 1. The molecule has 0 N–H and O–H groups in total. The van der Waals surface area contributed by atoms with Crippen molar-refractivity contribution in [2.75, 3.05) is 26.8 Å². The molecule has 0 aliphatic carbocycles. The molecule has 0 aromatic heterocycles. The maximum absolute atomic E-state index is 13.5. The number of methoxy groups -OCH3 is 1. The fourth-order valence-electron chi connectivity index (χ4n) is 5.78. The highest BCUT2D eigenvalue weighted by Crippen LogP contribution is 2.46. The zero-order valence-electron chi connectivity index (χ0n) is 25.2. The molecule has 0 radical (unpaired) electrons. The van der Waals surface area contributed by atoms with Crippen molar-refractivity contribution in [2.24, 2.45) is 21.7 Å². The zero-order chi connectivity index (χ0) is 28.9. The van der Waals surface area contributed by atoms with Crippen LogP contribution in [0, 0.1) is 21.7 Å². The van der Waals surface area contributed by atoms with Gasteiger partial charge in [0.05, 0.1) is 29.9 Å². The molecule has 0 aromatic rings. The lowest BCUT2D eigenvalue weighted by molar-refractivity contribution is -0.176. The fourth-order valence-corrected chi connectivity index (χ4v) is 5.78. The lowest BCUT2D eigenvalue weighted by Crippen LogP contribution is -2.46. The molecule has 0 spiro atoms. The molecule has 37 heavy (non-hydrogen) atoms. The average molecular weight is 526 g/mol. The van der Waals surface area contributed by atoms with Crippen molar-refractivity contribution in [3.8, 4) is 0 Å². The Labute approximate surface area is 224 Å². The second-order valence-electron chi connectivity index (χ2n) is 13.7. The first-order valence-corrected chi connectivity index (χ1v) is 13.5. The van der Waals surface area contributed by atoms with Crippen LogP contribution in [0.4, 0.5) is 0 Å². The molecule has 2 unspecified atom stereocenters. The zero-order valence-corrected chi connectivity index (χ0v) is 25.2. The highest BCUT2D eigenvalue weighted by Gasteiger charge is 2.50. The Morgan fingerprint density at radius 2 is 1.43 bits per heavy atom. The third kappa shape index (κ3) is 9.60. The smallest absolute Gasteiger partial charge is 0.312 e. The van der Waals surface area contributed by atoms with E-state index in [0.717, 1.165) is 6.42 Å². The van der Waals surface area contributed by atoms with Crippen molar-refractivity contribution in [3.05, 3.63) is 0 Å².